The first-order valence-corrected chi connectivity index (χ1v) is 9.21. The Labute approximate surface area is 161 Å². The fraction of sp³-hybridized carbons (Fsp3) is 0.208. The highest BCUT2D eigenvalue weighted by Gasteiger charge is 2.16. The molecule has 1 amide bonds. The van der Waals surface area contributed by atoms with Gasteiger partial charge in [0.25, 0.3) is 5.91 Å². The minimum absolute atomic E-state index is 0.0544. The largest absolute Gasteiger partial charge is 0.380 e. The summed E-state index contributed by atoms with van der Waals surface area (Å²) in [6.07, 6.45) is 0.834. The molecule has 0 radical (unpaired) electrons. The Balaban J connectivity index is 1.75. The Bertz CT molecular complexity index is 829. The Hall–Kier alpha value is -2.91. The molecule has 0 spiro atoms. The van der Waals surface area contributed by atoms with Crippen LogP contribution in [-0.2, 0) is 24.3 Å². The first-order valence-electron chi connectivity index (χ1n) is 9.21. The zero-order chi connectivity index (χ0) is 18.9. The van der Waals surface area contributed by atoms with Gasteiger partial charge in [0.05, 0.1) is 6.61 Å². The van der Waals surface area contributed by atoms with Crippen LogP contribution in [0.1, 0.15) is 27.0 Å². The summed E-state index contributed by atoms with van der Waals surface area (Å²) in [7, 11) is 1.67. The average Bonchev–Trinajstić information content (AvgIpc) is 2.73. The molecule has 0 aliphatic heterocycles. The number of ether oxygens (including phenoxy) is 1. The summed E-state index contributed by atoms with van der Waals surface area (Å²) in [6, 6.07) is 28.1. The van der Waals surface area contributed by atoms with Gasteiger partial charge in [-0.05, 0) is 35.2 Å². The van der Waals surface area contributed by atoms with Crippen LogP contribution in [-0.4, -0.2) is 24.5 Å². The second kappa shape index (κ2) is 9.70. The lowest BCUT2D eigenvalue weighted by molar-refractivity contribution is 0.0745. The van der Waals surface area contributed by atoms with Crippen LogP contribution < -0.4 is 0 Å². The number of methoxy groups -OCH3 is 1. The predicted octanol–water partition coefficient (Wildman–Crippen LogP) is 4.72. The van der Waals surface area contributed by atoms with Crippen molar-refractivity contribution < 1.29 is 9.53 Å². The number of carbonyl (C=O) groups is 1. The molecule has 27 heavy (non-hydrogen) atoms. The van der Waals surface area contributed by atoms with E-state index in [0.717, 1.165) is 17.5 Å². The third-order valence-corrected chi connectivity index (χ3v) is 4.53. The van der Waals surface area contributed by atoms with E-state index in [4.69, 9.17) is 4.74 Å². The van der Waals surface area contributed by atoms with E-state index >= 15 is 0 Å². The summed E-state index contributed by atoms with van der Waals surface area (Å²) in [5.74, 6) is 0.0544. The Kier molecular flexibility index (Phi) is 6.78. The van der Waals surface area contributed by atoms with E-state index in [1.807, 2.05) is 65.6 Å². The highest BCUT2D eigenvalue weighted by molar-refractivity contribution is 5.94. The van der Waals surface area contributed by atoms with Crippen molar-refractivity contribution in [2.24, 2.45) is 0 Å². The molecule has 0 aliphatic rings. The molecule has 0 saturated carbocycles. The third kappa shape index (κ3) is 5.53. The molecule has 138 valence electrons. The van der Waals surface area contributed by atoms with E-state index < -0.39 is 0 Å². The first kappa shape index (κ1) is 18.9. The Morgan fingerprint density at radius 3 is 1.96 bits per heavy atom. The molecule has 0 fully saturated rings. The molecular weight excluding hydrogens is 334 g/mol. The smallest absolute Gasteiger partial charge is 0.254 e. The lowest BCUT2D eigenvalue weighted by Crippen LogP contribution is -2.32. The summed E-state index contributed by atoms with van der Waals surface area (Å²) >= 11 is 0. The second-order valence-corrected chi connectivity index (χ2v) is 6.58. The SMILES string of the molecule is COCc1ccc(C(=O)N(CCc2ccccc2)Cc2ccccc2)cc1. The summed E-state index contributed by atoms with van der Waals surface area (Å²) in [5, 5.41) is 0. The third-order valence-electron chi connectivity index (χ3n) is 4.53. The minimum Gasteiger partial charge on any atom is -0.380 e. The number of hydrogen-bond donors (Lipinski definition) is 0. The number of carbonyl (C=O) groups excluding carboxylic acids is 1. The van der Waals surface area contributed by atoms with Gasteiger partial charge >= 0.3 is 0 Å². The van der Waals surface area contributed by atoms with Gasteiger partial charge in [-0.2, -0.15) is 0 Å². The van der Waals surface area contributed by atoms with Gasteiger partial charge in [0.2, 0.25) is 0 Å². The molecule has 3 heteroatoms. The van der Waals surface area contributed by atoms with Crippen LogP contribution >= 0.6 is 0 Å². The quantitative estimate of drug-likeness (QED) is 0.582. The monoisotopic (exact) mass is 359 g/mol. The summed E-state index contributed by atoms with van der Waals surface area (Å²) in [5.41, 5.74) is 4.14. The van der Waals surface area contributed by atoms with Crippen molar-refractivity contribution in [3.05, 3.63) is 107 Å². The van der Waals surface area contributed by atoms with Crippen LogP contribution in [0.25, 0.3) is 0 Å². The molecule has 0 saturated heterocycles. The van der Waals surface area contributed by atoms with Gasteiger partial charge < -0.3 is 9.64 Å². The molecule has 0 atom stereocenters. The fourth-order valence-corrected chi connectivity index (χ4v) is 3.06. The van der Waals surface area contributed by atoms with Crippen LogP contribution in [0.3, 0.4) is 0 Å². The van der Waals surface area contributed by atoms with Crippen LogP contribution in [0.15, 0.2) is 84.9 Å². The van der Waals surface area contributed by atoms with Gasteiger partial charge in [0.15, 0.2) is 0 Å². The summed E-state index contributed by atoms with van der Waals surface area (Å²) in [6.45, 7) is 1.83. The van der Waals surface area contributed by atoms with Crippen LogP contribution in [0.2, 0.25) is 0 Å². The summed E-state index contributed by atoms with van der Waals surface area (Å²) < 4.78 is 5.15. The zero-order valence-corrected chi connectivity index (χ0v) is 15.7. The number of benzene rings is 3. The second-order valence-electron chi connectivity index (χ2n) is 6.58. The van der Waals surface area contributed by atoms with Gasteiger partial charge in [0.1, 0.15) is 0 Å². The minimum atomic E-state index is 0.0544. The van der Waals surface area contributed by atoms with Gasteiger partial charge in [0, 0.05) is 25.8 Å². The fourth-order valence-electron chi connectivity index (χ4n) is 3.06. The molecule has 0 unspecified atom stereocenters. The van der Waals surface area contributed by atoms with Crippen molar-refractivity contribution in [2.75, 3.05) is 13.7 Å². The highest BCUT2D eigenvalue weighted by Crippen LogP contribution is 2.13. The van der Waals surface area contributed by atoms with E-state index in [1.165, 1.54) is 5.56 Å². The molecule has 0 bridgehead atoms. The standard InChI is InChI=1S/C24H25NO2/c1-27-19-22-12-14-23(15-13-22)24(26)25(18-21-10-6-3-7-11-21)17-16-20-8-4-2-5-9-20/h2-15H,16-19H2,1H3. The lowest BCUT2D eigenvalue weighted by Gasteiger charge is -2.23. The van der Waals surface area contributed by atoms with Gasteiger partial charge in [-0.25, -0.2) is 0 Å². The predicted molar refractivity (Wildman–Crippen MR) is 108 cm³/mol. The number of amides is 1. The van der Waals surface area contributed by atoms with Crippen molar-refractivity contribution in [3.8, 4) is 0 Å². The Morgan fingerprint density at radius 2 is 1.37 bits per heavy atom. The van der Waals surface area contributed by atoms with E-state index in [9.17, 15) is 4.79 Å². The van der Waals surface area contributed by atoms with E-state index in [0.29, 0.717) is 25.3 Å². The van der Waals surface area contributed by atoms with Crippen LogP contribution in [0.4, 0.5) is 0 Å². The molecule has 3 nitrogen and oxygen atoms in total. The topological polar surface area (TPSA) is 29.5 Å². The van der Waals surface area contributed by atoms with Crippen LogP contribution in [0, 0.1) is 0 Å². The molecule has 0 aliphatic carbocycles. The van der Waals surface area contributed by atoms with Gasteiger partial charge in [-0.15, -0.1) is 0 Å². The van der Waals surface area contributed by atoms with Crippen molar-refractivity contribution >= 4 is 5.91 Å². The normalized spacial score (nSPS) is 10.6. The van der Waals surface area contributed by atoms with Crippen molar-refractivity contribution in [1.29, 1.82) is 0 Å². The molecule has 0 aromatic heterocycles. The van der Waals surface area contributed by atoms with Crippen molar-refractivity contribution in [2.45, 2.75) is 19.6 Å². The first-order chi connectivity index (χ1) is 13.3. The van der Waals surface area contributed by atoms with Crippen molar-refractivity contribution in [1.82, 2.24) is 4.90 Å². The van der Waals surface area contributed by atoms with E-state index in [-0.39, 0.29) is 5.91 Å². The zero-order valence-electron chi connectivity index (χ0n) is 15.7. The van der Waals surface area contributed by atoms with E-state index in [2.05, 4.69) is 24.3 Å². The average molecular weight is 359 g/mol. The highest BCUT2D eigenvalue weighted by atomic mass is 16.5. The molecular formula is C24H25NO2. The molecule has 0 N–H and O–H groups in total. The number of rotatable bonds is 8. The maximum atomic E-state index is 13.1. The maximum absolute atomic E-state index is 13.1. The number of nitrogens with zero attached hydrogens (tertiary/aromatic N) is 1. The molecule has 3 aromatic rings. The van der Waals surface area contributed by atoms with Gasteiger partial charge in [-0.1, -0.05) is 72.8 Å². The lowest BCUT2D eigenvalue weighted by atomic mass is 10.1. The van der Waals surface area contributed by atoms with Gasteiger partial charge in [-0.3, -0.25) is 4.79 Å². The van der Waals surface area contributed by atoms with Crippen LogP contribution in [0.5, 0.6) is 0 Å². The summed E-state index contributed by atoms with van der Waals surface area (Å²) in [4.78, 5) is 15.1. The van der Waals surface area contributed by atoms with Crippen molar-refractivity contribution in [3.63, 3.8) is 0 Å². The van der Waals surface area contributed by atoms with E-state index in [1.54, 1.807) is 7.11 Å². The molecule has 0 heterocycles. The Morgan fingerprint density at radius 1 is 0.778 bits per heavy atom. The number of hydrogen-bond acceptors (Lipinski definition) is 2. The molecule has 3 aromatic carbocycles. The molecule has 3 rings (SSSR count). The maximum Gasteiger partial charge on any atom is 0.254 e.